The van der Waals surface area contributed by atoms with Gasteiger partial charge in [-0.25, -0.2) is 14.1 Å². The van der Waals surface area contributed by atoms with Crippen molar-refractivity contribution >= 4 is 27.2 Å². The van der Waals surface area contributed by atoms with Gasteiger partial charge in [-0.3, -0.25) is 0 Å². The number of ether oxygens (including phenoxy) is 1. The highest BCUT2D eigenvalue weighted by atomic mass is 32.2. The Morgan fingerprint density at radius 2 is 1.95 bits per heavy atom. The SMILES string of the molecule is CCN([C@@H]1CCN(c2ccc(F)cc2)C1)S(=O)(=O)NCCc1[nH]c(-c2cccs2)nc1-c1ccc(OC)cc1. The van der Waals surface area contributed by atoms with Crippen LogP contribution in [0, 0.1) is 5.82 Å². The number of H-pyrrole nitrogens is 1. The third-order valence-electron chi connectivity index (χ3n) is 6.94. The van der Waals surface area contributed by atoms with Crippen LogP contribution in [0.5, 0.6) is 5.75 Å². The molecule has 0 spiro atoms. The number of halogens is 1. The molecule has 1 saturated heterocycles. The molecule has 39 heavy (non-hydrogen) atoms. The van der Waals surface area contributed by atoms with Gasteiger partial charge in [0.25, 0.3) is 10.2 Å². The third kappa shape index (κ3) is 6.17. The number of hydrogen-bond donors (Lipinski definition) is 2. The summed E-state index contributed by atoms with van der Waals surface area (Å²) in [5.41, 5.74) is 3.47. The Morgan fingerprint density at radius 1 is 1.18 bits per heavy atom. The minimum Gasteiger partial charge on any atom is -0.497 e. The molecule has 11 heteroatoms. The van der Waals surface area contributed by atoms with Crippen molar-refractivity contribution in [2.45, 2.75) is 25.8 Å². The van der Waals surface area contributed by atoms with Gasteiger partial charge in [0.15, 0.2) is 0 Å². The minimum atomic E-state index is -3.71. The zero-order valence-corrected chi connectivity index (χ0v) is 23.6. The molecule has 3 heterocycles. The maximum absolute atomic E-state index is 13.4. The third-order valence-corrected chi connectivity index (χ3v) is 9.56. The fraction of sp³-hybridized carbons (Fsp3) is 0.321. The standard InChI is InChI=1S/C28H32FN5O3S2/c1-3-34(23-15-17-33(19-23)22-10-8-21(29)9-11-22)39(35,36)30-16-14-25-27(20-6-12-24(37-2)13-7-20)32-28(31-25)26-5-4-18-38-26/h4-13,18,23,30H,3,14-17,19H2,1-2H3,(H,31,32)/t23-/m1/s1. The summed E-state index contributed by atoms with van der Waals surface area (Å²) in [6, 6.07) is 17.8. The van der Waals surface area contributed by atoms with Crippen molar-refractivity contribution in [2.24, 2.45) is 0 Å². The molecule has 1 aliphatic rings. The summed E-state index contributed by atoms with van der Waals surface area (Å²) >= 11 is 1.59. The number of methoxy groups -OCH3 is 1. The summed E-state index contributed by atoms with van der Waals surface area (Å²) in [7, 11) is -2.09. The first kappa shape index (κ1) is 27.3. The van der Waals surface area contributed by atoms with Crippen molar-refractivity contribution in [2.75, 3.05) is 38.2 Å². The monoisotopic (exact) mass is 569 g/mol. The Hall–Kier alpha value is -3.25. The van der Waals surface area contributed by atoms with E-state index < -0.39 is 10.2 Å². The molecule has 2 N–H and O–H groups in total. The molecule has 0 saturated carbocycles. The van der Waals surface area contributed by atoms with Gasteiger partial charge in [0.05, 0.1) is 17.7 Å². The number of thiophene rings is 1. The average molecular weight is 570 g/mol. The molecule has 5 rings (SSSR count). The van der Waals surface area contributed by atoms with Crippen LogP contribution in [-0.2, 0) is 16.6 Å². The van der Waals surface area contributed by atoms with Gasteiger partial charge in [-0.1, -0.05) is 13.0 Å². The highest BCUT2D eigenvalue weighted by Gasteiger charge is 2.34. The lowest BCUT2D eigenvalue weighted by molar-refractivity contribution is 0.345. The second kappa shape index (κ2) is 11.9. The number of hydrogen-bond acceptors (Lipinski definition) is 6. The van der Waals surface area contributed by atoms with Crippen LogP contribution in [0.25, 0.3) is 22.0 Å². The lowest BCUT2D eigenvalue weighted by atomic mass is 10.1. The van der Waals surface area contributed by atoms with E-state index in [-0.39, 0.29) is 18.4 Å². The van der Waals surface area contributed by atoms with Crippen LogP contribution in [0.3, 0.4) is 0 Å². The summed E-state index contributed by atoms with van der Waals surface area (Å²) in [6.07, 6.45) is 1.15. The predicted molar refractivity (Wildman–Crippen MR) is 154 cm³/mol. The van der Waals surface area contributed by atoms with E-state index in [0.29, 0.717) is 32.5 Å². The summed E-state index contributed by atoms with van der Waals surface area (Å²) in [4.78, 5) is 11.4. The minimum absolute atomic E-state index is 0.162. The quantitative estimate of drug-likeness (QED) is 0.267. The fourth-order valence-corrected chi connectivity index (χ4v) is 7.08. The molecule has 8 nitrogen and oxygen atoms in total. The van der Waals surface area contributed by atoms with Crippen molar-refractivity contribution in [3.8, 4) is 27.7 Å². The Kier molecular flexibility index (Phi) is 8.31. The van der Waals surface area contributed by atoms with E-state index in [1.54, 1.807) is 30.6 Å². The van der Waals surface area contributed by atoms with Crippen LogP contribution in [0.15, 0.2) is 66.0 Å². The maximum atomic E-state index is 13.4. The number of nitrogens with one attached hydrogen (secondary N) is 2. The van der Waals surface area contributed by atoms with Crippen molar-refractivity contribution in [1.82, 2.24) is 19.0 Å². The largest absolute Gasteiger partial charge is 0.497 e. The number of likely N-dealkylation sites (N-methyl/N-ethyl adjacent to an activating group) is 1. The van der Waals surface area contributed by atoms with Gasteiger partial charge in [0.1, 0.15) is 17.4 Å². The molecule has 2 aromatic heterocycles. The van der Waals surface area contributed by atoms with Crippen LogP contribution in [0.2, 0.25) is 0 Å². The molecular formula is C28H32FN5O3S2. The van der Waals surface area contributed by atoms with E-state index in [2.05, 4.69) is 14.6 Å². The Labute approximate surface area is 232 Å². The Balaban J connectivity index is 1.28. The van der Waals surface area contributed by atoms with Crippen molar-refractivity contribution in [1.29, 1.82) is 0 Å². The summed E-state index contributed by atoms with van der Waals surface area (Å²) in [6.45, 7) is 3.72. The van der Waals surface area contributed by atoms with E-state index >= 15 is 0 Å². The Morgan fingerprint density at radius 3 is 2.62 bits per heavy atom. The zero-order valence-electron chi connectivity index (χ0n) is 21.9. The van der Waals surface area contributed by atoms with E-state index in [4.69, 9.17) is 9.72 Å². The van der Waals surface area contributed by atoms with Gasteiger partial charge in [-0.05, 0) is 66.4 Å². The molecule has 1 fully saturated rings. The summed E-state index contributed by atoms with van der Waals surface area (Å²) in [5.74, 6) is 1.23. The van der Waals surface area contributed by atoms with Gasteiger partial charge in [0.2, 0.25) is 0 Å². The van der Waals surface area contributed by atoms with Gasteiger partial charge in [-0.2, -0.15) is 12.7 Å². The second-order valence-corrected chi connectivity index (χ2v) is 12.0. The lowest BCUT2D eigenvalue weighted by Crippen LogP contribution is -2.48. The van der Waals surface area contributed by atoms with E-state index in [1.165, 1.54) is 16.4 Å². The highest BCUT2D eigenvalue weighted by Crippen LogP contribution is 2.30. The summed E-state index contributed by atoms with van der Waals surface area (Å²) < 4.78 is 49.7. The van der Waals surface area contributed by atoms with Gasteiger partial charge >= 0.3 is 0 Å². The zero-order chi connectivity index (χ0) is 27.4. The fourth-order valence-electron chi connectivity index (χ4n) is 4.98. The van der Waals surface area contributed by atoms with Crippen LogP contribution in [0.4, 0.5) is 10.1 Å². The number of nitrogens with zero attached hydrogens (tertiary/aromatic N) is 3. The van der Waals surface area contributed by atoms with Crippen LogP contribution in [0.1, 0.15) is 19.0 Å². The molecule has 206 valence electrons. The van der Waals surface area contributed by atoms with Crippen LogP contribution >= 0.6 is 11.3 Å². The average Bonchev–Trinajstić information content (AvgIpc) is 3.71. The Bertz CT molecular complexity index is 1470. The molecular weight excluding hydrogens is 537 g/mol. The van der Waals surface area contributed by atoms with Crippen LogP contribution in [-0.4, -0.2) is 62.0 Å². The molecule has 0 unspecified atom stereocenters. The number of benzene rings is 2. The van der Waals surface area contributed by atoms with Gasteiger partial charge < -0.3 is 14.6 Å². The van der Waals surface area contributed by atoms with Gasteiger partial charge in [-0.15, -0.1) is 11.3 Å². The molecule has 1 atom stereocenters. The van der Waals surface area contributed by atoms with E-state index in [9.17, 15) is 12.8 Å². The van der Waals surface area contributed by atoms with Crippen molar-refractivity contribution < 1.29 is 17.5 Å². The highest BCUT2D eigenvalue weighted by molar-refractivity contribution is 7.87. The first-order valence-electron chi connectivity index (χ1n) is 12.9. The molecule has 4 aromatic rings. The molecule has 0 aliphatic carbocycles. The first-order valence-corrected chi connectivity index (χ1v) is 15.2. The first-order chi connectivity index (χ1) is 18.9. The normalized spacial score (nSPS) is 15.8. The predicted octanol–water partition coefficient (Wildman–Crippen LogP) is 4.93. The number of imidazole rings is 1. The molecule has 0 amide bonds. The maximum Gasteiger partial charge on any atom is 0.279 e. The second-order valence-electron chi connectivity index (χ2n) is 9.34. The number of anilines is 1. The lowest BCUT2D eigenvalue weighted by Gasteiger charge is -2.27. The van der Waals surface area contributed by atoms with Gasteiger partial charge in [0, 0.05) is 55.6 Å². The number of aromatic nitrogens is 2. The van der Waals surface area contributed by atoms with Crippen molar-refractivity contribution in [3.63, 3.8) is 0 Å². The van der Waals surface area contributed by atoms with E-state index in [1.807, 2.05) is 48.7 Å². The molecule has 0 bridgehead atoms. The number of aromatic amines is 1. The van der Waals surface area contributed by atoms with Crippen molar-refractivity contribution in [3.05, 3.63) is 77.6 Å². The topological polar surface area (TPSA) is 90.6 Å². The smallest absolute Gasteiger partial charge is 0.279 e. The molecule has 1 aliphatic heterocycles. The summed E-state index contributed by atoms with van der Waals surface area (Å²) in [5, 5.41) is 2.00. The van der Waals surface area contributed by atoms with Crippen LogP contribution < -0.4 is 14.4 Å². The number of rotatable bonds is 11. The molecule has 2 aromatic carbocycles. The molecule has 0 radical (unpaired) electrons. The van der Waals surface area contributed by atoms with E-state index in [0.717, 1.165) is 39.1 Å².